The van der Waals surface area contributed by atoms with Gasteiger partial charge in [-0.05, 0) is 24.7 Å². The molecule has 0 spiro atoms. The fourth-order valence-electron chi connectivity index (χ4n) is 2.67. The maximum Gasteiger partial charge on any atom is 0.277 e. The summed E-state index contributed by atoms with van der Waals surface area (Å²) in [7, 11) is 0. The molecule has 5 N–H and O–H groups in total. The zero-order chi connectivity index (χ0) is 12.7. The fraction of sp³-hybridized carbons (Fsp3) is 0.636. The summed E-state index contributed by atoms with van der Waals surface area (Å²) in [4.78, 5) is 20.3. The molecule has 1 saturated carbocycles. The Hall–Kier alpha value is -1.76. The van der Waals surface area contributed by atoms with E-state index in [-0.39, 0.29) is 18.1 Å². The highest BCUT2D eigenvalue weighted by Crippen LogP contribution is 2.36. The van der Waals surface area contributed by atoms with Gasteiger partial charge in [0.25, 0.3) is 5.56 Å². The lowest BCUT2D eigenvalue weighted by atomic mass is 9.74. The summed E-state index contributed by atoms with van der Waals surface area (Å²) in [5.41, 5.74) is 5.82. The molecule has 2 unspecified atom stereocenters. The molecule has 7 nitrogen and oxygen atoms in total. The van der Waals surface area contributed by atoms with Crippen molar-refractivity contribution in [3.8, 4) is 0 Å². The molecule has 1 aromatic rings. The van der Waals surface area contributed by atoms with Gasteiger partial charge in [-0.3, -0.25) is 9.78 Å². The third kappa shape index (κ3) is 1.71. The quantitative estimate of drug-likeness (QED) is 0.580. The molecule has 2 heterocycles. The van der Waals surface area contributed by atoms with Crippen LogP contribution in [-0.2, 0) is 0 Å². The van der Waals surface area contributed by atoms with E-state index >= 15 is 0 Å². The molecular weight excluding hydrogens is 234 g/mol. The van der Waals surface area contributed by atoms with Crippen LogP contribution in [0.3, 0.4) is 0 Å². The number of nitrogens with zero attached hydrogens (tertiary/aromatic N) is 2. The Balaban J connectivity index is 1.80. The first kappa shape index (κ1) is 11.3. The molecular formula is C11H17N5O2. The maximum absolute atomic E-state index is 11.7. The summed E-state index contributed by atoms with van der Waals surface area (Å²) in [6, 6.07) is 0. The lowest BCUT2D eigenvalue weighted by molar-refractivity contribution is 0.0951. The lowest BCUT2D eigenvalue weighted by Crippen LogP contribution is -2.39. The predicted octanol–water partition coefficient (Wildman–Crippen LogP) is -0.440. The topological polar surface area (TPSA) is 107 Å². The molecule has 2 aliphatic rings. The minimum atomic E-state index is -0.229. The molecule has 1 aliphatic carbocycles. The second kappa shape index (κ2) is 4.16. The van der Waals surface area contributed by atoms with Gasteiger partial charge in [0.2, 0.25) is 5.95 Å². The van der Waals surface area contributed by atoms with Crippen LogP contribution in [-0.4, -0.2) is 34.9 Å². The predicted molar refractivity (Wildman–Crippen MR) is 68.4 cm³/mol. The average molecular weight is 251 g/mol. The Morgan fingerprint density at radius 1 is 1.44 bits per heavy atom. The SMILES string of the molecule is Nc1nc2c(c(=O)[nH]1)NCN2CC1CCC1CO. The van der Waals surface area contributed by atoms with Crippen LogP contribution in [0.15, 0.2) is 4.79 Å². The van der Waals surface area contributed by atoms with Crippen molar-refractivity contribution in [3.05, 3.63) is 10.4 Å². The van der Waals surface area contributed by atoms with Gasteiger partial charge in [0, 0.05) is 13.2 Å². The Morgan fingerprint density at radius 3 is 2.89 bits per heavy atom. The highest BCUT2D eigenvalue weighted by molar-refractivity contribution is 5.70. The number of aliphatic hydroxyl groups is 1. The highest BCUT2D eigenvalue weighted by atomic mass is 16.3. The van der Waals surface area contributed by atoms with Gasteiger partial charge >= 0.3 is 0 Å². The van der Waals surface area contributed by atoms with Crippen molar-refractivity contribution in [1.82, 2.24) is 9.97 Å². The van der Waals surface area contributed by atoms with Crippen LogP contribution in [0.1, 0.15) is 12.8 Å². The van der Waals surface area contributed by atoms with E-state index < -0.39 is 0 Å². The van der Waals surface area contributed by atoms with Crippen LogP contribution >= 0.6 is 0 Å². The van der Waals surface area contributed by atoms with E-state index in [9.17, 15) is 9.90 Å². The number of nitrogens with two attached hydrogens (primary N) is 1. The number of H-pyrrole nitrogens is 1. The summed E-state index contributed by atoms with van der Waals surface area (Å²) in [6.07, 6.45) is 2.20. The molecule has 7 heteroatoms. The van der Waals surface area contributed by atoms with E-state index in [1.54, 1.807) is 0 Å². The second-order valence-corrected chi connectivity index (χ2v) is 4.99. The third-order valence-corrected chi connectivity index (χ3v) is 3.93. The van der Waals surface area contributed by atoms with E-state index in [4.69, 9.17) is 5.73 Å². The molecule has 0 amide bonds. The van der Waals surface area contributed by atoms with Crippen LogP contribution in [0.2, 0.25) is 0 Å². The molecule has 0 bridgehead atoms. The van der Waals surface area contributed by atoms with Gasteiger partial charge in [-0.2, -0.15) is 4.98 Å². The first-order chi connectivity index (χ1) is 8.69. The molecule has 1 aliphatic heterocycles. The summed E-state index contributed by atoms with van der Waals surface area (Å²) in [5.74, 6) is 1.62. The van der Waals surface area contributed by atoms with Crippen LogP contribution in [0.4, 0.5) is 17.5 Å². The number of nitrogen functional groups attached to an aromatic ring is 1. The smallest absolute Gasteiger partial charge is 0.277 e. The van der Waals surface area contributed by atoms with E-state index in [2.05, 4.69) is 15.3 Å². The summed E-state index contributed by atoms with van der Waals surface area (Å²) < 4.78 is 0. The summed E-state index contributed by atoms with van der Waals surface area (Å²) in [5, 5.41) is 12.2. The van der Waals surface area contributed by atoms with Crippen molar-refractivity contribution in [2.45, 2.75) is 12.8 Å². The number of anilines is 3. The maximum atomic E-state index is 11.7. The van der Waals surface area contributed by atoms with Gasteiger partial charge in [-0.15, -0.1) is 0 Å². The van der Waals surface area contributed by atoms with Gasteiger partial charge in [-0.1, -0.05) is 0 Å². The minimum absolute atomic E-state index is 0.139. The monoisotopic (exact) mass is 251 g/mol. The van der Waals surface area contributed by atoms with Crippen molar-refractivity contribution in [2.75, 3.05) is 35.8 Å². The number of aromatic amines is 1. The summed E-state index contributed by atoms with van der Waals surface area (Å²) in [6.45, 7) is 1.62. The van der Waals surface area contributed by atoms with Gasteiger partial charge in [0.15, 0.2) is 5.82 Å². The molecule has 3 rings (SSSR count). The van der Waals surface area contributed by atoms with E-state index in [1.165, 1.54) is 0 Å². The molecule has 2 atom stereocenters. The Bertz CT molecular complexity index is 513. The number of aliphatic hydroxyl groups excluding tert-OH is 1. The number of aromatic nitrogens is 2. The molecule has 1 fully saturated rings. The second-order valence-electron chi connectivity index (χ2n) is 4.99. The molecule has 98 valence electrons. The zero-order valence-corrected chi connectivity index (χ0v) is 10.0. The highest BCUT2D eigenvalue weighted by Gasteiger charge is 2.34. The molecule has 0 saturated heterocycles. The minimum Gasteiger partial charge on any atom is -0.396 e. The van der Waals surface area contributed by atoms with Crippen molar-refractivity contribution >= 4 is 17.5 Å². The van der Waals surface area contributed by atoms with Crippen LogP contribution < -0.4 is 21.5 Å². The van der Waals surface area contributed by atoms with Crippen molar-refractivity contribution < 1.29 is 5.11 Å². The number of hydrogen-bond acceptors (Lipinski definition) is 6. The Morgan fingerprint density at radius 2 is 2.22 bits per heavy atom. The van der Waals surface area contributed by atoms with Crippen molar-refractivity contribution in [3.63, 3.8) is 0 Å². The number of rotatable bonds is 3. The average Bonchev–Trinajstić information content (AvgIpc) is 2.68. The van der Waals surface area contributed by atoms with E-state index in [0.717, 1.165) is 19.4 Å². The number of fused-ring (bicyclic) bond motifs is 1. The van der Waals surface area contributed by atoms with Gasteiger partial charge < -0.3 is 21.1 Å². The first-order valence-electron chi connectivity index (χ1n) is 6.18. The molecule has 0 radical (unpaired) electrons. The Labute approximate surface area is 104 Å². The standard InChI is InChI=1S/C11H17N5O2/c12-11-14-9-8(10(18)15-11)13-5-16(9)3-6-1-2-7(6)4-17/h6-7,13,17H,1-5H2,(H3,12,14,15,18). The fourth-order valence-corrected chi connectivity index (χ4v) is 2.67. The number of nitrogens with one attached hydrogen (secondary N) is 2. The van der Waals surface area contributed by atoms with Gasteiger partial charge in [-0.25, -0.2) is 0 Å². The van der Waals surface area contributed by atoms with E-state index in [0.29, 0.717) is 30.0 Å². The molecule has 0 aromatic carbocycles. The lowest BCUT2D eigenvalue weighted by Gasteiger charge is -2.38. The van der Waals surface area contributed by atoms with E-state index in [1.807, 2.05) is 4.90 Å². The van der Waals surface area contributed by atoms with Crippen LogP contribution in [0.25, 0.3) is 0 Å². The normalized spacial score (nSPS) is 25.5. The van der Waals surface area contributed by atoms with Crippen molar-refractivity contribution in [1.29, 1.82) is 0 Å². The Kier molecular flexibility index (Phi) is 2.62. The molecule has 18 heavy (non-hydrogen) atoms. The summed E-state index contributed by atoms with van der Waals surface area (Å²) >= 11 is 0. The van der Waals surface area contributed by atoms with Crippen LogP contribution in [0, 0.1) is 11.8 Å². The largest absolute Gasteiger partial charge is 0.396 e. The zero-order valence-electron chi connectivity index (χ0n) is 10.0. The molecule has 1 aromatic heterocycles. The van der Waals surface area contributed by atoms with Gasteiger partial charge in [0.1, 0.15) is 5.69 Å². The van der Waals surface area contributed by atoms with Gasteiger partial charge in [0.05, 0.1) is 6.67 Å². The number of hydrogen-bond donors (Lipinski definition) is 4. The van der Waals surface area contributed by atoms with Crippen LogP contribution in [0.5, 0.6) is 0 Å². The first-order valence-corrected chi connectivity index (χ1v) is 6.18. The van der Waals surface area contributed by atoms with Crippen molar-refractivity contribution in [2.24, 2.45) is 11.8 Å². The third-order valence-electron chi connectivity index (χ3n) is 3.93.